The Morgan fingerprint density at radius 3 is 2.41 bits per heavy atom. The molecule has 3 amide bonds. The fraction of sp³-hybridized carbons (Fsp3) is 0.258. The molecule has 3 aromatic carbocycles. The number of hydrogen-bond donors (Lipinski definition) is 1. The molecule has 0 aliphatic carbocycles. The van der Waals surface area contributed by atoms with Crippen LogP contribution in [-0.4, -0.2) is 40.2 Å². The number of aromatic amines is 1. The number of H-pyrrole nitrogens is 1. The Morgan fingerprint density at radius 2 is 1.70 bits per heavy atom. The number of carbonyl (C=O) groups excluding carboxylic acids is 3. The highest BCUT2D eigenvalue weighted by atomic mass is 16.2. The summed E-state index contributed by atoms with van der Waals surface area (Å²) in [5.41, 5.74) is 5.32. The SMILES string of the molecule is Cc1ccc(C(=O)N(CCc2c[nH]c3ccccc23)C2CC(=O)N(c3ccc(C(C)C)cc3)C2=O)cc1. The number of aromatic nitrogens is 1. The third kappa shape index (κ3) is 4.79. The van der Waals surface area contributed by atoms with Crippen molar-refractivity contribution in [1.29, 1.82) is 0 Å². The second-order valence-electron chi connectivity index (χ2n) is 10.0. The van der Waals surface area contributed by atoms with Crippen LogP contribution in [0, 0.1) is 6.92 Å². The quantitative estimate of drug-likeness (QED) is 0.340. The summed E-state index contributed by atoms with van der Waals surface area (Å²) in [5, 5.41) is 1.09. The fourth-order valence-electron chi connectivity index (χ4n) is 4.98. The summed E-state index contributed by atoms with van der Waals surface area (Å²) < 4.78 is 0. The number of rotatable bonds is 7. The minimum atomic E-state index is -0.851. The zero-order valence-corrected chi connectivity index (χ0v) is 21.4. The minimum absolute atomic E-state index is 0.0315. The lowest BCUT2D eigenvalue weighted by atomic mass is 10.0. The molecule has 1 aliphatic heterocycles. The lowest BCUT2D eigenvalue weighted by molar-refractivity contribution is -0.122. The molecule has 1 saturated heterocycles. The first-order valence-electron chi connectivity index (χ1n) is 12.7. The van der Waals surface area contributed by atoms with E-state index in [4.69, 9.17) is 0 Å². The molecule has 5 rings (SSSR count). The molecule has 0 saturated carbocycles. The third-order valence-corrected chi connectivity index (χ3v) is 7.17. The summed E-state index contributed by atoms with van der Waals surface area (Å²) in [6.07, 6.45) is 2.47. The van der Waals surface area contributed by atoms with Crippen LogP contribution in [0.2, 0.25) is 0 Å². The molecule has 4 aromatic rings. The van der Waals surface area contributed by atoms with Crippen LogP contribution < -0.4 is 4.90 Å². The summed E-state index contributed by atoms with van der Waals surface area (Å²) in [4.78, 5) is 46.5. The Morgan fingerprint density at radius 1 is 1.00 bits per heavy atom. The zero-order chi connectivity index (χ0) is 26.1. The second-order valence-corrected chi connectivity index (χ2v) is 10.0. The molecule has 1 fully saturated rings. The van der Waals surface area contributed by atoms with Gasteiger partial charge >= 0.3 is 0 Å². The fourth-order valence-corrected chi connectivity index (χ4v) is 4.98. The van der Waals surface area contributed by atoms with Crippen LogP contribution in [0.1, 0.15) is 53.2 Å². The molecule has 1 aromatic heterocycles. The van der Waals surface area contributed by atoms with E-state index in [1.54, 1.807) is 17.0 Å². The van der Waals surface area contributed by atoms with Gasteiger partial charge in [-0.15, -0.1) is 0 Å². The molecule has 1 atom stereocenters. The van der Waals surface area contributed by atoms with E-state index < -0.39 is 6.04 Å². The van der Waals surface area contributed by atoms with Crippen molar-refractivity contribution < 1.29 is 14.4 Å². The average molecular weight is 494 g/mol. The molecule has 1 aliphatic rings. The molecule has 6 nitrogen and oxygen atoms in total. The van der Waals surface area contributed by atoms with Crippen molar-refractivity contribution in [1.82, 2.24) is 9.88 Å². The van der Waals surface area contributed by atoms with E-state index in [0.29, 0.717) is 30.1 Å². The van der Waals surface area contributed by atoms with Gasteiger partial charge in [0.15, 0.2) is 0 Å². The number of nitrogens with zero attached hydrogens (tertiary/aromatic N) is 2. The van der Waals surface area contributed by atoms with E-state index in [0.717, 1.165) is 27.6 Å². The Bertz CT molecular complexity index is 1450. The van der Waals surface area contributed by atoms with E-state index >= 15 is 0 Å². The number of benzene rings is 3. The van der Waals surface area contributed by atoms with Gasteiger partial charge in [0.1, 0.15) is 6.04 Å². The molecule has 6 heteroatoms. The number of imide groups is 1. The highest BCUT2D eigenvalue weighted by Crippen LogP contribution is 2.29. The molecule has 0 bridgehead atoms. The van der Waals surface area contributed by atoms with Gasteiger partial charge in [0.2, 0.25) is 5.91 Å². The smallest absolute Gasteiger partial charge is 0.257 e. The number of aryl methyl sites for hydroxylation is 1. The van der Waals surface area contributed by atoms with Gasteiger partial charge in [-0.2, -0.15) is 0 Å². The molecular formula is C31H31N3O3. The van der Waals surface area contributed by atoms with E-state index in [2.05, 4.69) is 18.8 Å². The van der Waals surface area contributed by atoms with Crippen LogP contribution in [0.5, 0.6) is 0 Å². The van der Waals surface area contributed by atoms with Crippen molar-refractivity contribution in [2.75, 3.05) is 11.4 Å². The number of amides is 3. The standard InChI is InChI=1S/C31H31N3O3/c1-20(2)22-12-14-25(15-13-22)34-29(35)18-28(31(34)37)33(30(36)23-10-8-21(3)9-11-23)17-16-24-19-32-27-7-5-4-6-26(24)27/h4-15,19-20,28,32H,16-18H2,1-3H3. The van der Waals surface area contributed by atoms with Crippen LogP contribution in [0.25, 0.3) is 10.9 Å². The lowest BCUT2D eigenvalue weighted by Gasteiger charge is -2.28. The first-order valence-corrected chi connectivity index (χ1v) is 12.7. The van der Waals surface area contributed by atoms with Crippen LogP contribution >= 0.6 is 0 Å². The maximum atomic E-state index is 13.7. The number of para-hydroxylation sites is 1. The number of nitrogens with one attached hydrogen (secondary N) is 1. The van der Waals surface area contributed by atoms with Crippen LogP contribution in [0.15, 0.2) is 79.0 Å². The molecule has 188 valence electrons. The second kappa shape index (κ2) is 10.1. The molecule has 1 N–H and O–H groups in total. The molecule has 1 unspecified atom stereocenters. The van der Waals surface area contributed by atoms with Gasteiger partial charge in [0.05, 0.1) is 12.1 Å². The largest absolute Gasteiger partial charge is 0.361 e. The topological polar surface area (TPSA) is 73.5 Å². The van der Waals surface area contributed by atoms with Crippen molar-refractivity contribution in [3.8, 4) is 0 Å². The Balaban J connectivity index is 1.44. The lowest BCUT2D eigenvalue weighted by Crippen LogP contribution is -2.46. The van der Waals surface area contributed by atoms with Crippen LogP contribution in [-0.2, 0) is 16.0 Å². The van der Waals surface area contributed by atoms with Gasteiger partial charge in [-0.25, -0.2) is 4.90 Å². The third-order valence-electron chi connectivity index (χ3n) is 7.17. The maximum absolute atomic E-state index is 13.7. The summed E-state index contributed by atoms with van der Waals surface area (Å²) in [6, 6.07) is 22.0. The first kappa shape index (κ1) is 24.5. The Hall–Kier alpha value is -4.19. The predicted molar refractivity (Wildman–Crippen MR) is 146 cm³/mol. The average Bonchev–Trinajstić information content (AvgIpc) is 3.44. The maximum Gasteiger partial charge on any atom is 0.257 e. The van der Waals surface area contributed by atoms with Gasteiger partial charge in [0, 0.05) is 29.2 Å². The molecule has 37 heavy (non-hydrogen) atoms. The predicted octanol–water partition coefficient (Wildman–Crippen LogP) is 5.62. The van der Waals surface area contributed by atoms with E-state index in [1.807, 2.05) is 73.8 Å². The number of anilines is 1. The van der Waals surface area contributed by atoms with Gasteiger partial charge in [-0.1, -0.05) is 61.9 Å². The first-order chi connectivity index (χ1) is 17.8. The Labute approximate surface area is 216 Å². The van der Waals surface area contributed by atoms with Gasteiger partial charge in [-0.3, -0.25) is 14.4 Å². The van der Waals surface area contributed by atoms with Gasteiger partial charge in [0.25, 0.3) is 11.8 Å². The highest BCUT2D eigenvalue weighted by molar-refractivity contribution is 6.23. The van der Waals surface area contributed by atoms with Crippen LogP contribution in [0.4, 0.5) is 5.69 Å². The molecule has 0 spiro atoms. The van der Waals surface area contributed by atoms with E-state index in [-0.39, 0.29) is 24.1 Å². The van der Waals surface area contributed by atoms with E-state index in [9.17, 15) is 14.4 Å². The summed E-state index contributed by atoms with van der Waals surface area (Å²) in [7, 11) is 0. The Kier molecular flexibility index (Phi) is 6.66. The summed E-state index contributed by atoms with van der Waals surface area (Å²) >= 11 is 0. The van der Waals surface area contributed by atoms with Crippen molar-refractivity contribution in [3.05, 3.63) is 101 Å². The normalized spacial score (nSPS) is 15.7. The summed E-state index contributed by atoms with van der Waals surface area (Å²) in [6.45, 7) is 6.47. The molecular weight excluding hydrogens is 462 g/mol. The molecule has 0 radical (unpaired) electrons. The highest BCUT2D eigenvalue weighted by Gasteiger charge is 2.44. The van der Waals surface area contributed by atoms with Crippen molar-refractivity contribution >= 4 is 34.3 Å². The van der Waals surface area contributed by atoms with Crippen molar-refractivity contribution in [2.24, 2.45) is 0 Å². The monoisotopic (exact) mass is 493 g/mol. The summed E-state index contributed by atoms with van der Waals surface area (Å²) in [5.74, 6) is -0.551. The van der Waals surface area contributed by atoms with Gasteiger partial charge in [-0.05, 0) is 60.7 Å². The van der Waals surface area contributed by atoms with Crippen molar-refractivity contribution in [2.45, 2.75) is 45.6 Å². The minimum Gasteiger partial charge on any atom is -0.361 e. The number of carbonyl (C=O) groups is 3. The number of fused-ring (bicyclic) bond motifs is 1. The van der Waals surface area contributed by atoms with Crippen LogP contribution in [0.3, 0.4) is 0 Å². The van der Waals surface area contributed by atoms with Gasteiger partial charge < -0.3 is 9.88 Å². The number of hydrogen-bond acceptors (Lipinski definition) is 3. The zero-order valence-electron chi connectivity index (χ0n) is 21.4. The van der Waals surface area contributed by atoms with Crippen molar-refractivity contribution in [3.63, 3.8) is 0 Å². The van der Waals surface area contributed by atoms with E-state index in [1.165, 1.54) is 4.90 Å². The molecule has 2 heterocycles.